The largest absolute Gasteiger partial charge is 0.455 e. The first-order valence-corrected chi connectivity index (χ1v) is 21.1. The Balaban J connectivity index is 0.947. The Hall–Kier alpha value is -8.02. The predicted octanol–water partition coefficient (Wildman–Crippen LogP) is 13.5. The second-order valence-electron chi connectivity index (χ2n) is 15.8. The number of furan rings is 1. The lowest BCUT2D eigenvalue weighted by Crippen LogP contribution is -2.33. The van der Waals surface area contributed by atoms with E-state index in [2.05, 4.69) is 217 Å². The molecule has 296 valence electrons. The van der Waals surface area contributed by atoms with Crippen LogP contribution in [0.25, 0.3) is 55.6 Å². The van der Waals surface area contributed by atoms with E-state index in [9.17, 15) is 0 Å². The van der Waals surface area contributed by atoms with E-state index in [1.807, 2.05) is 18.2 Å². The van der Waals surface area contributed by atoms with Gasteiger partial charge < -0.3 is 14.6 Å². The van der Waals surface area contributed by atoms with Gasteiger partial charge in [0.25, 0.3) is 0 Å². The molecule has 0 saturated heterocycles. The number of nitrogens with one attached hydrogen (secondary N) is 1. The number of fused-ring (bicyclic) bond motifs is 3. The Kier molecular flexibility index (Phi) is 9.47. The van der Waals surface area contributed by atoms with Gasteiger partial charge in [-0.25, -0.2) is 9.98 Å². The molecule has 5 nitrogen and oxygen atoms in total. The molecule has 0 spiro atoms. The van der Waals surface area contributed by atoms with Crippen molar-refractivity contribution in [1.29, 1.82) is 0 Å². The van der Waals surface area contributed by atoms with Gasteiger partial charge in [-0.2, -0.15) is 0 Å². The van der Waals surface area contributed by atoms with Gasteiger partial charge in [-0.15, -0.1) is 0 Å². The summed E-state index contributed by atoms with van der Waals surface area (Å²) in [5.41, 5.74) is 14.7. The van der Waals surface area contributed by atoms with Crippen LogP contribution in [0, 0.1) is 0 Å². The molecule has 0 bridgehead atoms. The lowest BCUT2D eigenvalue weighted by Gasteiger charge is -2.33. The van der Waals surface area contributed by atoms with Gasteiger partial charge in [-0.1, -0.05) is 194 Å². The van der Waals surface area contributed by atoms with Crippen molar-refractivity contribution in [2.75, 3.05) is 7.05 Å². The molecular weight excluding hydrogens is 757 g/mol. The van der Waals surface area contributed by atoms with Crippen LogP contribution in [0.15, 0.2) is 233 Å². The first-order chi connectivity index (χ1) is 30.6. The molecule has 1 aromatic heterocycles. The Morgan fingerprint density at radius 1 is 0.452 bits per heavy atom. The third-order valence-electron chi connectivity index (χ3n) is 12.0. The second kappa shape index (κ2) is 15.9. The van der Waals surface area contributed by atoms with Crippen LogP contribution < -0.4 is 5.32 Å². The Morgan fingerprint density at radius 2 is 0.968 bits per heavy atom. The molecule has 0 fully saturated rings. The lowest BCUT2D eigenvalue weighted by molar-refractivity contribution is 0.435. The van der Waals surface area contributed by atoms with E-state index in [4.69, 9.17) is 14.4 Å². The van der Waals surface area contributed by atoms with Crippen LogP contribution in [-0.2, 0) is 0 Å². The molecule has 0 radical (unpaired) electrons. The van der Waals surface area contributed by atoms with Gasteiger partial charge in [0.05, 0.1) is 23.5 Å². The third-order valence-corrected chi connectivity index (χ3v) is 12.0. The van der Waals surface area contributed by atoms with Crippen LogP contribution in [0.3, 0.4) is 0 Å². The second-order valence-corrected chi connectivity index (χ2v) is 15.8. The van der Waals surface area contributed by atoms with Crippen LogP contribution in [0.5, 0.6) is 0 Å². The topological polar surface area (TPSA) is 53.1 Å². The smallest absolute Gasteiger partial charge is 0.143 e. The summed E-state index contributed by atoms with van der Waals surface area (Å²) in [6.07, 6.45) is 4.48. The highest BCUT2D eigenvalue weighted by Crippen LogP contribution is 2.42. The molecule has 1 N–H and O–H groups in total. The number of amidine groups is 2. The molecule has 0 aliphatic carbocycles. The average molecular weight is 799 g/mol. The van der Waals surface area contributed by atoms with Gasteiger partial charge in [0.2, 0.25) is 0 Å². The number of nitrogens with zero attached hydrogens (tertiary/aromatic N) is 3. The van der Waals surface area contributed by atoms with E-state index in [0.29, 0.717) is 0 Å². The van der Waals surface area contributed by atoms with Crippen LogP contribution in [0.1, 0.15) is 45.5 Å². The summed E-state index contributed by atoms with van der Waals surface area (Å²) in [5.74, 6) is 1.79. The maximum atomic E-state index is 6.73. The molecule has 2 aliphatic rings. The maximum absolute atomic E-state index is 6.73. The summed E-state index contributed by atoms with van der Waals surface area (Å²) in [6.45, 7) is 0. The number of aliphatic imine (C=N–C) groups is 2. The van der Waals surface area contributed by atoms with Gasteiger partial charge >= 0.3 is 0 Å². The van der Waals surface area contributed by atoms with E-state index in [1.165, 1.54) is 11.1 Å². The first kappa shape index (κ1) is 37.0. The van der Waals surface area contributed by atoms with Crippen LogP contribution in [0.2, 0.25) is 0 Å². The highest BCUT2D eigenvalue weighted by molar-refractivity contribution is 6.16. The van der Waals surface area contributed by atoms with Crippen LogP contribution in [-0.4, -0.2) is 23.6 Å². The molecule has 11 rings (SSSR count). The quantitative estimate of drug-likeness (QED) is 0.167. The fourth-order valence-corrected chi connectivity index (χ4v) is 8.83. The summed E-state index contributed by atoms with van der Waals surface area (Å²) >= 11 is 0. The minimum Gasteiger partial charge on any atom is -0.455 e. The summed E-state index contributed by atoms with van der Waals surface area (Å²) in [6, 6.07) is 72.3. The number of hydrogen-bond donors (Lipinski definition) is 1. The van der Waals surface area contributed by atoms with E-state index in [-0.39, 0.29) is 12.1 Å². The number of para-hydroxylation sites is 1. The molecule has 5 heteroatoms. The van der Waals surface area contributed by atoms with Crippen molar-refractivity contribution < 1.29 is 4.42 Å². The van der Waals surface area contributed by atoms with Crippen molar-refractivity contribution in [2.24, 2.45) is 9.98 Å². The lowest BCUT2D eigenvalue weighted by atomic mass is 9.93. The van der Waals surface area contributed by atoms with Crippen molar-refractivity contribution >= 4 is 45.0 Å². The normalized spacial score (nSPS) is 16.3. The fraction of sp³-hybridized carbons (Fsp3) is 0.0526. The third kappa shape index (κ3) is 6.89. The van der Waals surface area contributed by atoms with Crippen molar-refractivity contribution in [3.63, 3.8) is 0 Å². The van der Waals surface area contributed by atoms with Crippen molar-refractivity contribution in [3.05, 3.63) is 252 Å². The highest BCUT2D eigenvalue weighted by Gasteiger charge is 2.26. The minimum atomic E-state index is -0.0119. The van der Waals surface area contributed by atoms with E-state index >= 15 is 0 Å². The fourth-order valence-electron chi connectivity index (χ4n) is 8.83. The molecular formula is C57H42N4O. The van der Waals surface area contributed by atoms with E-state index in [1.54, 1.807) is 0 Å². The summed E-state index contributed by atoms with van der Waals surface area (Å²) in [4.78, 5) is 12.7. The first-order valence-electron chi connectivity index (χ1n) is 21.1. The van der Waals surface area contributed by atoms with Crippen molar-refractivity contribution in [3.8, 4) is 22.3 Å². The SMILES string of the molecule is CN1C(c2ccccc2)=NC(c2ccc(-c3ccc(-c4ccc(C5=NC(c6ccccc6)=CC(c6ccccc6)N5)cc4)c4oc5ccccc5c34)cc2)=CC1c1ccccc1. The van der Waals surface area contributed by atoms with Gasteiger partial charge in [0.15, 0.2) is 0 Å². The number of benzene rings is 8. The van der Waals surface area contributed by atoms with Crippen LogP contribution >= 0.6 is 0 Å². The van der Waals surface area contributed by atoms with E-state index in [0.717, 1.165) is 89.5 Å². The number of likely N-dealkylation sites (N-methyl/N-ethyl adjacent to an activating group) is 1. The van der Waals surface area contributed by atoms with Gasteiger partial charge in [0.1, 0.15) is 22.8 Å². The maximum Gasteiger partial charge on any atom is 0.143 e. The standard InChI is InChI=1S/C57H42N4O/c1-61-52(43-20-10-4-11-21-43)37-51(60-57(61)45-22-12-5-13-23-45)42-30-26-38(27-31-42)46-34-35-47(55-54(46)48-24-14-15-25-53(48)62-55)39-28-32-44(33-29-39)56-58-49(40-16-6-2-7-17-40)36-50(59-56)41-18-8-3-9-19-41/h2-37,49,52H,1H3,(H,58,59). The van der Waals surface area contributed by atoms with Gasteiger partial charge in [-0.05, 0) is 63.2 Å². The number of rotatable bonds is 8. The molecule has 2 aliphatic heterocycles. The molecule has 3 heterocycles. The van der Waals surface area contributed by atoms with Crippen molar-refractivity contribution in [2.45, 2.75) is 12.1 Å². The molecule has 2 atom stereocenters. The Bertz CT molecular complexity index is 3180. The summed E-state index contributed by atoms with van der Waals surface area (Å²) < 4.78 is 6.73. The van der Waals surface area contributed by atoms with E-state index < -0.39 is 0 Å². The van der Waals surface area contributed by atoms with Gasteiger partial charge in [-0.3, -0.25) is 0 Å². The molecule has 62 heavy (non-hydrogen) atoms. The zero-order valence-electron chi connectivity index (χ0n) is 34.2. The zero-order chi connectivity index (χ0) is 41.4. The number of hydrogen-bond acceptors (Lipinski definition) is 5. The minimum absolute atomic E-state index is 0.0119. The molecule has 8 aromatic carbocycles. The average Bonchev–Trinajstić information content (AvgIpc) is 3.75. The molecule has 0 saturated carbocycles. The Morgan fingerprint density at radius 3 is 1.66 bits per heavy atom. The molecule has 2 unspecified atom stereocenters. The monoisotopic (exact) mass is 798 g/mol. The molecule has 9 aromatic rings. The highest BCUT2D eigenvalue weighted by atomic mass is 16.3. The Labute approximate surface area is 361 Å². The zero-order valence-corrected chi connectivity index (χ0v) is 34.2. The summed E-state index contributed by atoms with van der Waals surface area (Å²) in [5, 5.41) is 5.90. The van der Waals surface area contributed by atoms with Crippen LogP contribution in [0.4, 0.5) is 0 Å². The van der Waals surface area contributed by atoms with Gasteiger partial charge in [0, 0.05) is 34.5 Å². The predicted molar refractivity (Wildman–Crippen MR) is 256 cm³/mol. The van der Waals surface area contributed by atoms with Crippen molar-refractivity contribution in [1.82, 2.24) is 10.2 Å². The molecule has 0 amide bonds. The summed E-state index contributed by atoms with van der Waals surface area (Å²) in [7, 11) is 2.13.